The van der Waals surface area contributed by atoms with Crippen LogP contribution in [0.1, 0.15) is 102 Å². The summed E-state index contributed by atoms with van der Waals surface area (Å²) in [5, 5.41) is 9.00. The van der Waals surface area contributed by atoms with Gasteiger partial charge in [-0.15, -0.1) is 0 Å². The van der Waals surface area contributed by atoms with E-state index < -0.39 is 0 Å². The Kier molecular flexibility index (Phi) is 7.40. The molecule has 27 heavy (non-hydrogen) atoms. The fraction of sp³-hybridized carbons (Fsp3) is 0.731. The van der Waals surface area contributed by atoms with Crippen LogP contribution in [0.4, 0.5) is 0 Å². The molecule has 1 heteroatoms. The highest BCUT2D eigenvalue weighted by molar-refractivity contribution is 5.33. The Hall–Kier alpha value is -1.29. The number of benzene rings is 1. The van der Waals surface area contributed by atoms with Crippen molar-refractivity contribution in [3.63, 3.8) is 0 Å². The SMILES string of the molecule is CCCC1CCC(C(C)C2CCC(C(C)c3ccc(C#N)cc3)CC2)CC1. The van der Waals surface area contributed by atoms with E-state index in [9.17, 15) is 0 Å². The molecular weight excluding hydrogens is 326 g/mol. The Morgan fingerprint density at radius 3 is 1.89 bits per heavy atom. The molecule has 2 aliphatic carbocycles. The van der Waals surface area contributed by atoms with Crippen molar-refractivity contribution in [3.8, 4) is 6.07 Å². The molecule has 2 fully saturated rings. The van der Waals surface area contributed by atoms with Gasteiger partial charge in [0.2, 0.25) is 0 Å². The highest BCUT2D eigenvalue weighted by Gasteiger charge is 2.33. The molecule has 0 radical (unpaired) electrons. The maximum atomic E-state index is 9.00. The van der Waals surface area contributed by atoms with Crippen LogP contribution >= 0.6 is 0 Å². The zero-order chi connectivity index (χ0) is 19.2. The smallest absolute Gasteiger partial charge is 0.0991 e. The van der Waals surface area contributed by atoms with Crippen molar-refractivity contribution >= 4 is 0 Å². The maximum Gasteiger partial charge on any atom is 0.0991 e. The number of nitriles is 1. The van der Waals surface area contributed by atoms with Gasteiger partial charge in [0.05, 0.1) is 11.6 Å². The third kappa shape index (κ3) is 5.16. The van der Waals surface area contributed by atoms with E-state index in [2.05, 4.69) is 39.0 Å². The molecule has 2 unspecified atom stereocenters. The van der Waals surface area contributed by atoms with E-state index in [1.165, 1.54) is 69.8 Å². The summed E-state index contributed by atoms with van der Waals surface area (Å²) >= 11 is 0. The monoisotopic (exact) mass is 365 g/mol. The molecule has 0 aromatic heterocycles. The van der Waals surface area contributed by atoms with Crippen LogP contribution in [-0.4, -0.2) is 0 Å². The number of hydrogen-bond acceptors (Lipinski definition) is 1. The second kappa shape index (κ2) is 9.77. The number of nitrogens with zero attached hydrogens (tertiary/aromatic N) is 1. The summed E-state index contributed by atoms with van der Waals surface area (Å²) < 4.78 is 0. The lowest BCUT2D eigenvalue weighted by Crippen LogP contribution is -2.29. The van der Waals surface area contributed by atoms with Gasteiger partial charge in [-0.05, 0) is 91.7 Å². The molecule has 0 saturated heterocycles. The first kappa shape index (κ1) is 20.4. The van der Waals surface area contributed by atoms with E-state index in [1.807, 2.05) is 12.1 Å². The van der Waals surface area contributed by atoms with Crippen molar-refractivity contribution in [1.82, 2.24) is 0 Å². The van der Waals surface area contributed by atoms with Gasteiger partial charge in [-0.1, -0.05) is 58.6 Å². The summed E-state index contributed by atoms with van der Waals surface area (Å²) in [5.74, 6) is 5.36. The zero-order valence-corrected chi connectivity index (χ0v) is 17.8. The summed E-state index contributed by atoms with van der Waals surface area (Å²) in [6, 6.07) is 10.5. The van der Waals surface area contributed by atoms with Crippen molar-refractivity contribution in [3.05, 3.63) is 35.4 Å². The minimum atomic E-state index is 0.624. The standard InChI is InChI=1S/C26H39N/c1-4-5-21-6-10-23(11-7-21)19(2)25-14-16-26(17-15-25)20(3)24-12-8-22(18-27)9-13-24/h8-9,12-13,19-21,23,25-26H,4-7,10-11,14-17H2,1-3H3. The van der Waals surface area contributed by atoms with Gasteiger partial charge in [0.1, 0.15) is 0 Å². The summed E-state index contributed by atoms with van der Waals surface area (Å²) in [7, 11) is 0. The normalized spacial score (nSPS) is 31.0. The molecule has 2 aliphatic rings. The molecule has 1 aromatic rings. The molecule has 0 N–H and O–H groups in total. The van der Waals surface area contributed by atoms with Crippen molar-refractivity contribution in [2.75, 3.05) is 0 Å². The highest BCUT2D eigenvalue weighted by Crippen LogP contribution is 2.45. The Bertz CT molecular complexity index is 594. The fourth-order valence-corrected chi connectivity index (χ4v) is 6.10. The van der Waals surface area contributed by atoms with Gasteiger partial charge in [-0.2, -0.15) is 5.26 Å². The summed E-state index contributed by atoms with van der Waals surface area (Å²) in [6.07, 6.45) is 14.4. The van der Waals surface area contributed by atoms with Gasteiger partial charge in [-0.25, -0.2) is 0 Å². The Morgan fingerprint density at radius 2 is 1.37 bits per heavy atom. The maximum absolute atomic E-state index is 9.00. The fourth-order valence-electron chi connectivity index (χ4n) is 6.10. The number of rotatable bonds is 6. The van der Waals surface area contributed by atoms with Crippen LogP contribution in [0.2, 0.25) is 0 Å². The molecule has 0 bridgehead atoms. The minimum Gasteiger partial charge on any atom is -0.192 e. The minimum absolute atomic E-state index is 0.624. The van der Waals surface area contributed by atoms with E-state index in [-0.39, 0.29) is 0 Å². The summed E-state index contributed by atoms with van der Waals surface area (Å²) in [6.45, 7) is 7.30. The molecule has 0 spiro atoms. The lowest BCUT2D eigenvalue weighted by atomic mass is 9.65. The molecule has 0 heterocycles. The van der Waals surface area contributed by atoms with Gasteiger partial charge >= 0.3 is 0 Å². The molecule has 3 rings (SSSR count). The molecule has 1 nitrogen and oxygen atoms in total. The first-order chi connectivity index (χ1) is 13.1. The lowest BCUT2D eigenvalue weighted by molar-refractivity contribution is 0.118. The predicted molar refractivity (Wildman–Crippen MR) is 115 cm³/mol. The van der Waals surface area contributed by atoms with Gasteiger partial charge < -0.3 is 0 Å². The molecule has 2 saturated carbocycles. The average molecular weight is 366 g/mol. The summed E-state index contributed by atoms with van der Waals surface area (Å²) in [5.41, 5.74) is 2.19. The van der Waals surface area contributed by atoms with Gasteiger partial charge in [0.15, 0.2) is 0 Å². The third-order valence-electron chi connectivity index (χ3n) is 8.16. The molecule has 1 aromatic carbocycles. The van der Waals surface area contributed by atoms with E-state index in [1.54, 1.807) is 0 Å². The van der Waals surface area contributed by atoms with Crippen molar-refractivity contribution in [2.24, 2.45) is 29.6 Å². The molecule has 0 amide bonds. The van der Waals surface area contributed by atoms with Gasteiger partial charge in [0, 0.05) is 0 Å². The second-order valence-corrected chi connectivity index (χ2v) is 9.63. The van der Waals surface area contributed by atoms with Gasteiger partial charge in [0.25, 0.3) is 0 Å². The second-order valence-electron chi connectivity index (χ2n) is 9.63. The van der Waals surface area contributed by atoms with Crippen LogP contribution in [0.15, 0.2) is 24.3 Å². The third-order valence-corrected chi connectivity index (χ3v) is 8.16. The van der Waals surface area contributed by atoms with E-state index in [0.717, 1.165) is 35.2 Å². The largest absolute Gasteiger partial charge is 0.192 e. The first-order valence-corrected chi connectivity index (χ1v) is 11.6. The van der Waals surface area contributed by atoms with Crippen LogP contribution in [0.5, 0.6) is 0 Å². The van der Waals surface area contributed by atoms with Crippen molar-refractivity contribution < 1.29 is 0 Å². The van der Waals surface area contributed by atoms with Crippen LogP contribution in [0, 0.1) is 40.9 Å². The van der Waals surface area contributed by atoms with Crippen molar-refractivity contribution in [1.29, 1.82) is 5.26 Å². The quantitative estimate of drug-likeness (QED) is 0.506. The molecule has 2 atom stereocenters. The number of hydrogen-bond donors (Lipinski definition) is 0. The van der Waals surface area contributed by atoms with Gasteiger partial charge in [-0.3, -0.25) is 0 Å². The van der Waals surface area contributed by atoms with Crippen molar-refractivity contribution in [2.45, 2.75) is 90.9 Å². The Labute approximate surface area is 167 Å². The van der Waals surface area contributed by atoms with E-state index in [0.29, 0.717) is 5.92 Å². The topological polar surface area (TPSA) is 23.8 Å². The zero-order valence-electron chi connectivity index (χ0n) is 17.8. The lowest BCUT2D eigenvalue weighted by Gasteiger charge is -2.40. The summed E-state index contributed by atoms with van der Waals surface area (Å²) in [4.78, 5) is 0. The van der Waals surface area contributed by atoms with Crippen LogP contribution in [-0.2, 0) is 0 Å². The molecule has 148 valence electrons. The Morgan fingerprint density at radius 1 is 0.852 bits per heavy atom. The van der Waals surface area contributed by atoms with Crippen LogP contribution in [0.3, 0.4) is 0 Å². The Balaban J connectivity index is 1.47. The predicted octanol–water partition coefficient (Wildman–Crippen LogP) is 7.71. The first-order valence-electron chi connectivity index (χ1n) is 11.6. The molecule has 0 aliphatic heterocycles. The highest BCUT2D eigenvalue weighted by atomic mass is 14.4. The molecular formula is C26H39N. The van der Waals surface area contributed by atoms with Crippen LogP contribution in [0.25, 0.3) is 0 Å². The van der Waals surface area contributed by atoms with E-state index in [4.69, 9.17) is 5.26 Å². The average Bonchev–Trinajstić information content (AvgIpc) is 2.74. The van der Waals surface area contributed by atoms with E-state index >= 15 is 0 Å². The van der Waals surface area contributed by atoms with Crippen LogP contribution < -0.4 is 0 Å².